The molecule has 122 valence electrons. The summed E-state index contributed by atoms with van der Waals surface area (Å²) in [7, 11) is 0. The zero-order valence-electron chi connectivity index (χ0n) is 13.6. The second-order valence-corrected chi connectivity index (χ2v) is 5.86. The van der Waals surface area contributed by atoms with E-state index in [-0.39, 0.29) is 5.91 Å². The van der Waals surface area contributed by atoms with Crippen LogP contribution in [0.2, 0.25) is 0 Å². The van der Waals surface area contributed by atoms with Crippen molar-refractivity contribution in [2.24, 2.45) is 0 Å². The first-order valence-electron chi connectivity index (χ1n) is 8.14. The van der Waals surface area contributed by atoms with E-state index in [1.165, 1.54) is 5.56 Å². The minimum absolute atomic E-state index is 0.156. The van der Waals surface area contributed by atoms with Crippen LogP contribution in [0.25, 0.3) is 10.9 Å². The number of nitrogens with one attached hydrogen (secondary N) is 1. The fourth-order valence-electron chi connectivity index (χ4n) is 2.94. The molecule has 25 heavy (non-hydrogen) atoms. The van der Waals surface area contributed by atoms with Crippen molar-refractivity contribution < 1.29 is 4.79 Å². The van der Waals surface area contributed by atoms with E-state index in [0.29, 0.717) is 5.56 Å². The Kier molecular flexibility index (Phi) is 4.01. The zero-order chi connectivity index (χ0) is 17.1. The van der Waals surface area contributed by atoms with Crippen LogP contribution < -0.4 is 5.32 Å². The number of amides is 1. The number of carbonyl (C=O) groups excluding carboxylic acids is 1. The van der Waals surface area contributed by atoms with Crippen LogP contribution in [0.4, 0.5) is 5.69 Å². The first-order valence-corrected chi connectivity index (χ1v) is 8.14. The highest BCUT2D eigenvalue weighted by Crippen LogP contribution is 2.25. The van der Waals surface area contributed by atoms with Gasteiger partial charge in [0.2, 0.25) is 0 Å². The summed E-state index contributed by atoms with van der Waals surface area (Å²) in [6.07, 6.45) is 5.27. The van der Waals surface area contributed by atoms with Gasteiger partial charge in [0.15, 0.2) is 0 Å². The third-order valence-corrected chi connectivity index (χ3v) is 4.18. The van der Waals surface area contributed by atoms with Gasteiger partial charge in [-0.15, -0.1) is 0 Å². The normalized spacial score (nSPS) is 10.7. The highest BCUT2D eigenvalue weighted by Gasteiger charge is 2.10. The molecular weight excluding hydrogens is 310 g/mol. The quantitative estimate of drug-likeness (QED) is 0.606. The number of fused-ring (bicyclic) bond motifs is 1. The molecule has 2 aromatic carbocycles. The van der Waals surface area contributed by atoms with E-state index < -0.39 is 0 Å². The van der Waals surface area contributed by atoms with Gasteiger partial charge in [-0.1, -0.05) is 36.4 Å². The third kappa shape index (κ3) is 3.15. The van der Waals surface area contributed by atoms with E-state index in [4.69, 9.17) is 0 Å². The maximum atomic E-state index is 12.4. The van der Waals surface area contributed by atoms with Crippen LogP contribution in [0.3, 0.4) is 0 Å². The Labute approximate surface area is 145 Å². The van der Waals surface area contributed by atoms with Crippen molar-refractivity contribution in [1.82, 2.24) is 9.55 Å². The average Bonchev–Trinajstić information content (AvgIpc) is 3.07. The minimum Gasteiger partial charge on any atom is -0.343 e. The van der Waals surface area contributed by atoms with Gasteiger partial charge in [0.1, 0.15) is 0 Å². The van der Waals surface area contributed by atoms with Crippen molar-refractivity contribution in [1.29, 1.82) is 0 Å². The minimum atomic E-state index is -0.156. The van der Waals surface area contributed by atoms with Crippen LogP contribution in [0.5, 0.6) is 0 Å². The fourth-order valence-corrected chi connectivity index (χ4v) is 2.94. The Balaban J connectivity index is 1.64. The standard InChI is InChI=1S/C21H17N3O/c25-21(17-8-5-12-22-14-17)23-19-9-4-10-20-18(19)11-13-24(20)15-16-6-2-1-3-7-16/h1-14H,15H2,(H,23,25). The monoisotopic (exact) mass is 327 g/mol. The lowest BCUT2D eigenvalue weighted by molar-refractivity contribution is 0.102. The number of carbonyl (C=O) groups is 1. The fraction of sp³-hybridized carbons (Fsp3) is 0.0476. The highest BCUT2D eigenvalue weighted by atomic mass is 16.1. The highest BCUT2D eigenvalue weighted by molar-refractivity contribution is 6.08. The van der Waals surface area contributed by atoms with Gasteiger partial charge in [0, 0.05) is 30.5 Å². The molecule has 0 saturated heterocycles. The second-order valence-electron chi connectivity index (χ2n) is 5.86. The molecule has 0 bridgehead atoms. The van der Waals surface area contributed by atoms with Gasteiger partial charge in [0.05, 0.1) is 16.8 Å². The molecule has 4 aromatic rings. The van der Waals surface area contributed by atoms with Crippen LogP contribution in [0, 0.1) is 0 Å². The summed E-state index contributed by atoms with van der Waals surface area (Å²) >= 11 is 0. The summed E-state index contributed by atoms with van der Waals surface area (Å²) in [6.45, 7) is 0.796. The van der Waals surface area contributed by atoms with E-state index in [1.807, 2.05) is 36.4 Å². The first-order chi connectivity index (χ1) is 12.3. The molecule has 0 saturated carbocycles. The molecule has 2 heterocycles. The van der Waals surface area contributed by atoms with E-state index in [0.717, 1.165) is 23.1 Å². The molecular formula is C21H17N3O. The lowest BCUT2D eigenvalue weighted by Crippen LogP contribution is -2.12. The Morgan fingerprint density at radius 3 is 2.64 bits per heavy atom. The zero-order valence-corrected chi connectivity index (χ0v) is 13.6. The summed E-state index contributed by atoms with van der Waals surface area (Å²) < 4.78 is 2.18. The molecule has 4 nitrogen and oxygen atoms in total. The van der Waals surface area contributed by atoms with Crippen molar-refractivity contribution in [3.63, 3.8) is 0 Å². The molecule has 1 N–H and O–H groups in total. The topological polar surface area (TPSA) is 46.9 Å². The number of hydrogen-bond donors (Lipinski definition) is 1. The van der Waals surface area contributed by atoms with Crippen molar-refractivity contribution >= 4 is 22.5 Å². The van der Waals surface area contributed by atoms with E-state index >= 15 is 0 Å². The van der Waals surface area contributed by atoms with Crippen molar-refractivity contribution in [3.8, 4) is 0 Å². The Morgan fingerprint density at radius 2 is 1.84 bits per heavy atom. The maximum Gasteiger partial charge on any atom is 0.257 e. The molecule has 4 rings (SSSR count). The molecule has 4 heteroatoms. The summed E-state index contributed by atoms with van der Waals surface area (Å²) in [4.78, 5) is 16.4. The molecule has 1 amide bonds. The lowest BCUT2D eigenvalue weighted by Gasteiger charge is -2.09. The predicted molar refractivity (Wildman–Crippen MR) is 99.7 cm³/mol. The van der Waals surface area contributed by atoms with Gasteiger partial charge < -0.3 is 9.88 Å². The summed E-state index contributed by atoms with van der Waals surface area (Å²) in [5.74, 6) is -0.156. The summed E-state index contributed by atoms with van der Waals surface area (Å²) in [6, 6.07) is 21.8. The van der Waals surface area contributed by atoms with Gasteiger partial charge in [0.25, 0.3) is 5.91 Å². The number of anilines is 1. The van der Waals surface area contributed by atoms with E-state index in [2.05, 4.69) is 39.3 Å². The molecule has 0 radical (unpaired) electrons. The van der Waals surface area contributed by atoms with Gasteiger partial charge >= 0.3 is 0 Å². The van der Waals surface area contributed by atoms with Crippen molar-refractivity contribution in [2.45, 2.75) is 6.54 Å². The van der Waals surface area contributed by atoms with Gasteiger partial charge in [-0.2, -0.15) is 0 Å². The van der Waals surface area contributed by atoms with Crippen LogP contribution in [0.1, 0.15) is 15.9 Å². The van der Waals surface area contributed by atoms with Crippen LogP contribution in [-0.2, 0) is 6.54 Å². The molecule has 0 unspecified atom stereocenters. The molecule has 0 atom stereocenters. The summed E-state index contributed by atoms with van der Waals surface area (Å²) in [5, 5.41) is 4.01. The first kappa shape index (κ1) is 15.1. The number of rotatable bonds is 4. The maximum absolute atomic E-state index is 12.4. The number of nitrogens with zero attached hydrogens (tertiary/aromatic N) is 2. The number of hydrogen-bond acceptors (Lipinski definition) is 2. The SMILES string of the molecule is O=C(Nc1cccc2c1ccn2Cc1ccccc1)c1cccnc1. The number of pyridine rings is 1. The number of benzene rings is 2. The van der Waals surface area contributed by atoms with Gasteiger partial charge in [-0.05, 0) is 35.9 Å². The molecule has 0 fully saturated rings. The smallest absolute Gasteiger partial charge is 0.257 e. The Morgan fingerprint density at radius 1 is 0.960 bits per heavy atom. The Bertz CT molecular complexity index is 1010. The number of aromatic nitrogens is 2. The largest absolute Gasteiger partial charge is 0.343 e. The predicted octanol–water partition coefficient (Wildman–Crippen LogP) is 4.34. The van der Waals surface area contributed by atoms with Crippen molar-refractivity contribution in [2.75, 3.05) is 5.32 Å². The van der Waals surface area contributed by atoms with Gasteiger partial charge in [-0.25, -0.2) is 0 Å². The van der Waals surface area contributed by atoms with Crippen LogP contribution >= 0.6 is 0 Å². The van der Waals surface area contributed by atoms with Crippen LogP contribution in [-0.4, -0.2) is 15.5 Å². The molecule has 2 aromatic heterocycles. The molecule has 0 spiro atoms. The summed E-state index contributed by atoms with van der Waals surface area (Å²) in [5.41, 5.74) is 3.68. The van der Waals surface area contributed by atoms with Gasteiger partial charge in [-0.3, -0.25) is 9.78 Å². The van der Waals surface area contributed by atoms with Crippen LogP contribution in [0.15, 0.2) is 85.3 Å². The lowest BCUT2D eigenvalue weighted by atomic mass is 10.2. The van der Waals surface area contributed by atoms with Crippen molar-refractivity contribution in [3.05, 3.63) is 96.4 Å². The average molecular weight is 327 g/mol. The van der Waals surface area contributed by atoms with E-state index in [1.54, 1.807) is 24.5 Å². The Hall–Kier alpha value is -3.40. The molecule has 0 aliphatic rings. The molecule has 0 aliphatic heterocycles. The third-order valence-electron chi connectivity index (χ3n) is 4.18. The molecule has 0 aliphatic carbocycles. The second kappa shape index (κ2) is 6.61. The van der Waals surface area contributed by atoms with E-state index in [9.17, 15) is 4.79 Å².